The van der Waals surface area contributed by atoms with Gasteiger partial charge in [-0.15, -0.1) is 11.3 Å². The van der Waals surface area contributed by atoms with Gasteiger partial charge in [-0.1, -0.05) is 36.4 Å². The summed E-state index contributed by atoms with van der Waals surface area (Å²) in [6.45, 7) is 5.17. The van der Waals surface area contributed by atoms with E-state index < -0.39 is 0 Å². The molecule has 29 heavy (non-hydrogen) atoms. The maximum atomic E-state index is 12.9. The molecule has 1 N–H and O–H groups in total. The molecule has 0 saturated carbocycles. The number of nitrogens with zero attached hydrogens (tertiary/aromatic N) is 1. The van der Waals surface area contributed by atoms with E-state index in [2.05, 4.69) is 5.32 Å². The van der Waals surface area contributed by atoms with E-state index in [-0.39, 0.29) is 11.8 Å². The topological polar surface area (TPSA) is 58.6 Å². The van der Waals surface area contributed by atoms with Crippen molar-refractivity contribution in [3.05, 3.63) is 71.1 Å². The van der Waals surface area contributed by atoms with Gasteiger partial charge in [0, 0.05) is 29.2 Å². The summed E-state index contributed by atoms with van der Waals surface area (Å²) in [5.74, 6) is 0.217. The van der Waals surface area contributed by atoms with E-state index in [9.17, 15) is 9.59 Å². The Balaban J connectivity index is 1.83. The molecule has 0 spiro atoms. The van der Waals surface area contributed by atoms with Gasteiger partial charge in [0.25, 0.3) is 11.8 Å². The van der Waals surface area contributed by atoms with Gasteiger partial charge in [-0.3, -0.25) is 9.59 Å². The van der Waals surface area contributed by atoms with E-state index in [4.69, 9.17) is 4.74 Å². The third-order valence-electron chi connectivity index (χ3n) is 4.60. The third-order valence-corrected chi connectivity index (χ3v) is 5.76. The number of thiophene rings is 1. The maximum absolute atomic E-state index is 12.9. The second-order valence-corrected chi connectivity index (χ2v) is 7.44. The molecule has 3 aromatic rings. The van der Waals surface area contributed by atoms with Gasteiger partial charge in [-0.05, 0) is 43.7 Å². The lowest BCUT2D eigenvalue weighted by atomic mass is 10.1. The zero-order valence-electron chi connectivity index (χ0n) is 16.8. The first kappa shape index (κ1) is 20.6. The van der Waals surface area contributed by atoms with Crippen molar-refractivity contribution in [1.82, 2.24) is 4.90 Å². The first-order chi connectivity index (χ1) is 14.1. The summed E-state index contributed by atoms with van der Waals surface area (Å²) >= 11 is 1.37. The molecular weight excluding hydrogens is 384 g/mol. The van der Waals surface area contributed by atoms with E-state index in [0.29, 0.717) is 35.0 Å². The molecule has 1 heterocycles. The van der Waals surface area contributed by atoms with E-state index >= 15 is 0 Å². The lowest BCUT2D eigenvalue weighted by Gasteiger charge is -2.19. The number of carbonyl (C=O) groups is 2. The number of hydrogen-bond donors (Lipinski definition) is 1. The van der Waals surface area contributed by atoms with Crippen molar-refractivity contribution in [2.75, 3.05) is 25.5 Å². The Bertz CT molecular complexity index is 994. The molecule has 1 aromatic heterocycles. The van der Waals surface area contributed by atoms with Crippen molar-refractivity contribution in [2.45, 2.75) is 13.8 Å². The Morgan fingerprint density at radius 1 is 1.00 bits per heavy atom. The number of carbonyl (C=O) groups excluding carboxylic acids is 2. The Morgan fingerprint density at radius 3 is 2.38 bits per heavy atom. The molecule has 0 aliphatic heterocycles. The van der Waals surface area contributed by atoms with Crippen LogP contribution in [-0.4, -0.2) is 36.9 Å². The largest absolute Gasteiger partial charge is 0.495 e. The first-order valence-electron chi connectivity index (χ1n) is 9.51. The van der Waals surface area contributed by atoms with Crippen LogP contribution in [0.1, 0.15) is 33.9 Å². The second kappa shape index (κ2) is 9.39. The van der Waals surface area contributed by atoms with E-state index in [1.807, 2.05) is 50.2 Å². The average molecular weight is 409 g/mol. The Morgan fingerprint density at radius 2 is 1.72 bits per heavy atom. The number of nitrogens with one attached hydrogen (secondary N) is 1. The summed E-state index contributed by atoms with van der Waals surface area (Å²) in [6.07, 6.45) is 0. The van der Waals surface area contributed by atoms with Crippen molar-refractivity contribution in [3.63, 3.8) is 0 Å². The van der Waals surface area contributed by atoms with Crippen molar-refractivity contribution >= 4 is 28.8 Å². The summed E-state index contributed by atoms with van der Waals surface area (Å²) in [4.78, 5) is 28.7. The normalized spacial score (nSPS) is 10.4. The summed E-state index contributed by atoms with van der Waals surface area (Å²) in [5, 5.41) is 2.89. The van der Waals surface area contributed by atoms with E-state index in [1.165, 1.54) is 11.3 Å². The van der Waals surface area contributed by atoms with Crippen LogP contribution < -0.4 is 10.1 Å². The van der Waals surface area contributed by atoms with Crippen LogP contribution in [0.15, 0.2) is 60.7 Å². The number of hydrogen-bond acceptors (Lipinski definition) is 4. The van der Waals surface area contributed by atoms with Gasteiger partial charge in [0.2, 0.25) is 0 Å². The van der Waals surface area contributed by atoms with Crippen molar-refractivity contribution < 1.29 is 14.3 Å². The van der Waals surface area contributed by atoms with Crippen molar-refractivity contribution in [3.8, 4) is 16.2 Å². The molecule has 2 amide bonds. The van der Waals surface area contributed by atoms with Gasteiger partial charge >= 0.3 is 0 Å². The van der Waals surface area contributed by atoms with Crippen molar-refractivity contribution in [1.29, 1.82) is 0 Å². The number of benzene rings is 2. The summed E-state index contributed by atoms with van der Waals surface area (Å²) < 4.78 is 5.42. The Kier molecular flexibility index (Phi) is 6.67. The fourth-order valence-corrected chi connectivity index (χ4v) is 4.07. The highest BCUT2D eigenvalue weighted by molar-refractivity contribution is 7.17. The van der Waals surface area contributed by atoms with E-state index in [0.717, 1.165) is 10.4 Å². The molecule has 0 aliphatic carbocycles. The highest BCUT2D eigenvalue weighted by Gasteiger charge is 2.19. The highest BCUT2D eigenvalue weighted by atomic mass is 32.1. The van der Waals surface area contributed by atoms with Crippen LogP contribution in [0.25, 0.3) is 10.4 Å². The Labute approximate surface area is 174 Å². The van der Waals surface area contributed by atoms with Crippen LogP contribution >= 0.6 is 11.3 Å². The standard InChI is InChI=1S/C23H24N2O3S/c1-4-25(5-2)23(27)17-12-9-13-18(14-17)24-22(26)21-19(28-3)15-20(29-21)16-10-7-6-8-11-16/h6-15H,4-5H2,1-3H3,(H,24,26). The minimum absolute atomic E-state index is 0.0498. The smallest absolute Gasteiger partial charge is 0.269 e. The van der Waals surface area contributed by atoms with Crippen LogP contribution in [0, 0.1) is 0 Å². The van der Waals surface area contributed by atoms with Crippen molar-refractivity contribution in [2.24, 2.45) is 0 Å². The molecule has 6 heteroatoms. The summed E-state index contributed by atoms with van der Waals surface area (Å²) in [6, 6.07) is 18.7. The van der Waals surface area contributed by atoms with Crippen LogP contribution in [0.4, 0.5) is 5.69 Å². The molecule has 0 unspecified atom stereocenters. The molecule has 0 saturated heterocycles. The summed E-state index contributed by atoms with van der Waals surface area (Å²) in [7, 11) is 1.55. The molecule has 3 rings (SSSR count). The second-order valence-electron chi connectivity index (χ2n) is 6.39. The number of methoxy groups -OCH3 is 1. The van der Waals surface area contributed by atoms with Gasteiger partial charge in [0.1, 0.15) is 10.6 Å². The van der Waals surface area contributed by atoms with Crippen LogP contribution in [-0.2, 0) is 0 Å². The van der Waals surface area contributed by atoms with Gasteiger partial charge in [0.15, 0.2) is 0 Å². The molecule has 5 nitrogen and oxygen atoms in total. The van der Waals surface area contributed by atoms with E-state index in [1.54, 1.807) is 36.3 Å². The number of ether oxygens (including phenoxy) is 1. The molecular formula is C23H24N2O3S. The lowest BCUT2D eigenvalue weighted by Crippen LogP contribution is -2.30. The van der Waals surface area contributed by atoms with Gasteiger partial charge in [-0.2, -0.15) is 0 Å². The third kappa shape index (κ3) is 4.66. The summed E-state index contributed by atoms with van der Waals surface area (Å²) in [5.41, 5.74) is 2.15. The molecule has 0 aliphatic rings. The Hall–Kier alpha value is -3.12. The number of rotatable bonds is 7. The predicted molar refractivity (Wildman–Crippen MR) is 118 cm³/mol. The highest BCUT2D eigenvalue weighted by Crippen LogP contribution is 2.36. The average Bonchev–Trinajstić information content (AvgIpc) is 3.20. The van der Waals surface area contributed by atoms with Gasteiger partial charge in [-0.25, -0.2) is 0 Å². The van der Waals surface area contributed by atoms with Gasteiger partial charge < -0.3 is 15.0 Å². The molecule has 0 fully saturated rings. The predicted octanol–water partition coefficient (Wildman–Crippen LogP) is 5.16. The van der Waals surface area contributed by atoms with Gasteiger partial charge in [0.05, 0.1) is 7.11 Å². The zero-order chi connectivity index (χ0) is 20.8. The minimum Gasteiger partial charge on any atom is -0.495 e. The molecule has 150 valence electrons. The lowest BCUT2D eigenvalue weighted by molar-refractivity contribution is 0.0772. The first-order valence-corrected chi connectivity index (χ1v) is 10.3. The monoisotopic (exact) mass is 408 g/mol. The fraction of sp³-hybridized carbons (Fsp3) is 0.217. The van der Waals surface area contributed by atoms with Crippen LogP contribution in [0.5, 0.6) is 5.75 Å². The molecule has 0 atom stereocenters. The fourth-order valence-electron chi connectivity index (χ4n) is 3.04. The number of anilines is 1. The number of amides is 2. The molecule has 0 radical (unpaired) electrons. The van der Waals surface area contributed by atoms with Crippen LogP contribution in [0.2, 0.25) is 0 Å². The van der Waals surface area contributed by atoms with Crippen LogP contribution in [0.3, 0.4) is 0 Å². The maximum Gasteiger partial charge on any atom is 0.269 e. The minimum atomic E-state index is -0.263. The quantitative estimate of drug-likeness (QED) is 0.588. The molecule has 0 bridgehead atoms. The zero-order valence-corrected chi connectivity index (χ0v) is 17.6. The molecule has 2 aromatic carbocycles. The SMILES string of the molecule is CCN(CC)C(=O)c1cccc(NC(=O)c2sc(-c3ccccc3)cc2OC)c1.